The zero-order valence-electron chi connectivity index (χ0n) is 15.9. The smallest absolute Gasteiger partial charge is 0.326 e. The van der Waals surface area contributed by atoms with Crippen molar-refractivity contribution >= 4 is 29.6 Å². The second kappa shape index (κ2) is 12.6. The van der Waals surface area contributed by atoms with Crippen LogP contribution in [0, 0.1) is 5.92 Å². The molecule has 0 aromatic heterocycles. The Labute approximate surface area is 162 Å². The van der Waals surface area contributed by atoms with Gasteiger partial charge >= 0.3 is 5.97 Å². The molecule has 12 nitrogen and oxygen atoms in total. The summed E-state index contributed by atoms with van der Waals surface area (Å²) in [5, 5.41) is 25.0. The molecule has 0 aliphatic heterocycles. The van der Waals surface area contributed by atoms with Crippen molar-refractivity contribution in [2.24, 2.45) is 17.4 Å². The molecule has 0 saturated heterocycles. The quantitative estimate of drug-likeness (QED) is 0.166. The van der Waals surface area contributed by atoms with E-state index in [9.17, 15) is 29.1 Å². The Morgan fingerprint density at radius 2 is 1.61 bits per heavy atom. The maximum atomic E-state index is 12.0. The molecule has 0 fully saturated rings. The summed E-state index contributed by atoms with van der Waals surface area (Å²) in [6.45, 7) is 2.30. The Morgan fingerprint density at radius 1 is 1.00 bits per heavy atom. The third kappa shape index (κ3) is 10.4. The molecule has 160 valence electrons. The number of primary amides is 1. The van der Waals surface area contributed by atoms with Gasteiger partial charge in [-0.3, -0.25) is 19.2 Å². The van der Waals surface area contributed by atoms with Crippen molar-refractivity contribution in [1.29, 1.82) is 0 Å². The molecule has 3 unspecified atom stereocenters. The zero-order valence-corrected chi connectivity index (χ0v) is 15.9. The van der Waals surface area contributed by atoms with Crippen molar-refractivity contribution in [2.45, 2.75) is 51.2 Å². The number of carbonyl (C=O) groups is 5. The number of nitrogens with one attached hydrogen (secondary N) is 3. The first-order valence-electron chi connectivity index (χ1n) is 8.72. The molecule has 0 aromatic rings. The van der Waals surface area contributed by atoms with Crippen LogP contribution in [0.2, 0.25) is 0 Å². The molecule has 0 radical (unpaired) electrons. The molecule has 0 aliphatic carbocycles. The Morgan fingerprint density at radius 3 is 2.07 bits per heavy atom. The van der Waals surface area contributed by atoms with Crippen LogP contribution in [0.4, 0.5) is 0 Å². The Balaban J connectivity index is 4.56. The molecule has 0 aliphatic rings. The summed E-state index contributed by atoms with van der Waals surface area (Å²) >= 11 is 0. The fraction of sp³-hybridized carbons (Fsp3) is 0.688. The van der Waals surface area contributed by atoms with Gasteiger partial charge < -0.3 is 37.6 Å². The lowest BCUT2D eigenvalue weighted by molar-refractivity contribution is -0.142. The number of rotatable bonds is 13. The van der Waals surface area contributed by atoms with Gasteiger partial charge in [0.15, 0.2) is 0 Å². The van der Waals surface area contributed by atoms with E-state index in [1.807, 2.05) is 0 Å². The van der Waals surface area contributed by atoms with Crippen molar-refractivity contribution in [3.8, 4) is 0 Å². The maximum Gasteiger partial charge on any atom is 0.326 e. The van der Waals surface area contributed by atoms with Crippen LogP contribution in [0.15, 0.2) is 0 Å². The Bertz CT molecular complexity index is 582. The summed E-state index contributed by atoms with van der Waals surface area (Å²) in [7, 11) is 0. The molecule has 0 spiro atoms. The normalized spacial score (nSPS) is 13.9. The standard InChI is InChI=1S/C16H29N5O7/c1-8(2)5-10(16(27)28)20-13(24)6-19-15(26)11(7-22)21-14(25)9(17)3-4-12(18)23/h8-11,22H,3-7,17H2,1-2H3,(H2,18,23)(H,19,26)(H,20,24)(H,21,25)(H,27,28). The lowest BCUT2D eigenvalue weighted by atomic mass is 10.0. The zero-order chi connectivity index (χ0) is 21.9. The number of aliphatic carboxylic acids is 1. The summed E-state index contributed by atoms with van der Waals surface area (Å²) < 4.78 is 0. The van der Waals surface area contributed by atoms with Crippen molar-refractivity contribution in [3.05, 3.63) is 0 Å². The number of hydrogen-bond acceptors (Lipinski definition) is 7. The van der Waals surface area contributed by atoms with Gasteiger partial charge in [-0.25, -0.2) is 4.79 Å². The Hall–Kier alpha value is -2.73. The molecule has 0 aromatic carbocycles. The van der Waals surface area contributed by atoms with Crippen LogP contribution in [0.3, 0.4) is 0 Å². The molecule has 9 N–H and O–H groups in total. The number of aliphatic hydroxyl groups is 1. The number of amides is 4. The molecule has 0 rings (SSSR count). The van der Waals surface area contributed by atoms with Crippen molar-refractivity contribution in [2.75, 3.05) is 13.2 Å². The highest BCUT2D eigenvalue weighted by Gasteiger charge is 2.25. The first-order valence-corrected chi connectivity index (χ1v) is 8.72. The molecule has 4 amide bonds. The summed E-state index contributed by atoms with van der Waals surface area (Å²) in [4.78, 5) is 57.5. The summed E-state index contributed by atoms with van der Waals surface area (Å²) in [6, 6.07) is -3.57. The van der Waals surface area contributed by atoms with Crippen LogP contribution in [-0.4, -0.2) is 71.1 Å². The number of hydrogen-bond donors (Lipinski definition) is 7. The van der Waals surface area contributed by atoms with Crippen LogP contribution in [0.5, 0.6) is 0 Å². The van der Waals surface area contributed by atoms with E-state index in [1.54, 1.807) is 13.8 Å². The first kappa shape index (κ1) is 25.3. The molecular weight excluding hydrogens is 374 g/mol. The molecule has 12 heteroatoms. The predicted octanol–water partition coefficient (Wildman–Crippen LogP) is -3.21. The lowest BCUT2D eigenvalue weighted by Gasteiger charge is -2.19. The maximum absolute atomic E-state index is 12.0. The number of carboxylic acids is 1. The highest BCUT2D eigenvalue weighted by Crippen LogP contribution is 2.04. The van der Waals surface area contributed by atoms with E-state index in [0.717, 1.165) is 0 Å². The molecule has 28 heavy (non-hydrogen) atoms. The van der Waals surface area contributed by atoms with Crippen LogP contribution >= 0.6 is 0 Å². The van der Waals surface area contributed by atoms with Gasteiger partial charge in [-0.2, -0.15) is 0 Å². The van der Waals surface area contributed by atoms with Crippen LogP contribution in [0.1, 0.15) is 33.1 Å². The number of carbonyl (C=O) groups excluding carboxylic acids is 4. The van der Waals surface area contributed by atoms with Gasteiger partial charge in [-0.15, -0.1) is 0 Å². The second-order valence-corrected chi connectivity index (χ2v) is 6.66. The molecule has 0 saturated carbocycles. The van der Waals surface area contributed by atoms with Crippen LogP contribution in [0.25, 0.3) is 0 Å². The number of aliphatic hydroxyl groups excluding tert-OH is 1. The van der Waals surface area contributed by atoms with Gasteiger partial charge in [0.2, 0.25) is 23.6 Å². The van der Waals surface area contributed by atoms with Crippen molar-refractivity contribution in [3.63, 3.8) is 0 Å². The van der Waals surface area contributed by atoms with E-state index in [0.29, 0.717) is 0 Å². The third-order valence-electron chi connectivity index (χ3n) is 3.62. The highest BCUT2D eigenvalue weighted by atomic mass is 16.4. The topological polar surface area (TPSA) is 214 Å². The monoisotopic (exact) mass is 403 g/mol. The van der Waals surface area contributed by atoms with E-state index >= 15 is 0 Å². The minimum absolute atomic E-state index is 0.0312. The van der Waals surface area contributed by atoms with Gasteiger partial charge in [-0.05, 0) is 18.8 Å². The molecule has 3 atom stereocenters. The Kier molecular flexibility index (Phi) is 11.4. The van der Waals surface area contributed by atoms with E-state index in [1.165, 1.54) is 0 Å². The fourth-order valence-corrected chi connectivity index (χ4v) is 2.13. The molecule has 0 bridgehead atoms. The third-order valence-corrected chi connectivity index (χ3v) is 3.62. The second-order valence-electron chi connectivity index (χ2n) is 6.66. The molecule has 0 heterocycles. The van der Waals surface area contributed by atoms with Gasteiger partial charge in [0.25, 0.3) is 0 Å². The number of nitrogens with two attached hydrogens (primary N) is 2. The summed E-state index contributed by atoms with van der Waals surface area (Å²) in [5.41, 5.74) is 10.5. The van der Waals surface area contributed by atoms with Gasteiger partial charge in [0.1, 0.15) is 12.1 Å². The summed E-state index contributed by atoms with van der Waals surface area (Å²) in [5.74, 6) is -4.17. The van der Waals surface area contributed by atoms with Crippen molar-refractivity contribution < 1.29 is 34.2 Å². The van der Waals surface area contributed by atoms with E-state index in [-0.39, 0.29) is 25.2 Å². The largest absolute Gasteiger partial charge is 0.480 e. The van der Waals surface area contributed by atoms with Gasteiger partial charge in [0, 0.05) is 6.42 Å². The predicted molar refractivity (Wildman–Crippen MR) is 97.5 cm³/mol. The minimum atomic E-state index is -1.37. The summed E-state index contributed by atoms with van der Waals surface area (Å²) in [6.07, 6.45) is 0.0647. The van der Waals surface area contributed by atoms with E-state index in [2.05, 4.69) is 16.0 Å². The number of carboxylic acid groups (broad SMARTS) is 1. The van der Waals surface area contributed by atoms with Gasteiger partial charge in [0.05, 0.1) is 19.2 Å². The van der Waals surface area contributed by atoms with E-state index in [4.69, 9.17) is 16.6 Å². The van der Waals surface area contributed by atoms with Crippen LogP contribution in [-0.2, 0) is 24.0 Å². The lowest BCUT2D eigenvalue weighted by Crippen LogP contribution is -2.55. The van der Waals surface area contributed by atoms with Crippen molar-refractivity contribution in [1.82, 2.24) is 16.0 Å². The SMILES string of the molecule is CC(C)CC(NC(=O)CNC(=O)C(CO)NC(=O)C(N)CCC(N)=O)C(=O)O. The first-order chi connectivity index (χ1) is 13.0. The average molecular weight is 403 g/mol. The molecular formula is C16H29N5O7. The fourth-order valence-electron chi connectivity index (χ4n) is 2.13. The van der Waals surface area contributed by atoms with E-state index < -0.39 is 60.9 Å². The highest BCUT2D eigenvalue weighted by molar-refractivity contribution is 5.92. The minimum Gasteiger partial charge on any atom is -0.480 e. The van der Waals surface area contributed by atoms with Crippen LogP contribution < -0.4 is 27.4 Å². The average Bonchev–Trinajstić information content (AvgIpc) is 2.60. The van der Waals surface area contributed by atoms with Gasteiger partial charge in [-0.1, -0.05) is 13.8 Å².